The van der Waals surface area contributed by atoms with E-state index in [4.69, 9.17) is 28.3 Å². The van der Waals surface area contributed by atoms with Crippen LogP contribution in [0.3, 0.4) is 0 Å². The average molecular weight is 384 g/mol. The van der Waals surface area contributed by atoms with E-state index in [0.717, 1.165) is 23.5 Å². The molecule has 128 valence electrons. The van der Waals surface area contributed by atoms with Gasteiger partial charge in [-0.1, -0.05) is 23.2 Å². The summed E-state index contributed by atoms with van der Waals surface area (Å²) in [7, 11) is -3.29. The van der Waals surface area contributed by atoms with Crippen LogP contribution in [0.25, 0.3) is 0 Å². The number of carboxylic acids is 1. The summed E-state index contributed by atoms with van der Waals surface area (Å²) in [5.41, 5.74) is -0.360. The van der Waals surface area contributed by atoms with Gasteiger partial charge in [0, 0.05) is 11.1 Å². The van der Waals surface area contributed by atoms with Crippen LogP contribution in [0.5, 0.6) is 0 Å². The van der Waals surface area contributed by atoms with Crippen LogP contribution in [0.4, 0.5) is 0 Å². The Hall–Kier alpha value is -1.35. The van der Waals surface area contributed by atoms with Crippen LogP contribution in [-0.4, -0.2) is 49.5 Å². The zero-order valence-electron chi connectivity index (χ0n) is 12.5. The van der Waals surface area contributed by atoms with Crippen LogP contribution in [0.15, 0.2) is 17.0 Å². The molecule has 0 spiro atoms. The number of nitrogens with zero attached hydrogens (tertiary/aromatic N) is 1. The van der Waals surface area contributed by atoms with E-state index in [1.807, 2.05) is 0 Å². The van der Waals surface area contributed by atoms with Gasteiger partial charge in [0.25, 0.3) is 0 Å². The maximum Gasteiger partial charge on any atom is 0.339 e. The number of esters is 1. The first-order valence-corrected chi connectivity index (χ1v) is 8.53. The normalized spacial score (nSPS) is 11.8. The van der Waals surface area contributed by atoms with E-state index in [-0.39, 0.29) is 15.6 Å². The van der Waals surface area contributed by atoms with E-state index in [9.17, 15) is 18.0 Å². The molecule has 0 saturated carbocycles. The third-order valence-corrected chi connectivity index (χ3v) is 5.60. The van der Waals surface area contributed by atoms with Gasteiger partial charge in [0.15, 0.2) is 0 Å². The van der Waals surface area contributed by atoms with Crippen LogP contribution in [0.1, 0.15) is 24.2 Å². The van der Waals surface area contributed by atoms with Gasteiger partial charge in [-0.05, 0) is 26.0 Å². The number of methoxy groups -OCH3 is 1. The lowest BCUT2D eigenvalue weighted by Crippen LogP contribution is -2.41. The summed E-state index contributed by atoms with van der Waals surface area (Å²) in [6.45, 7) is 2.23. The average Bonchev–Trinajstić information content (AvgIpc) is 2.41. The summed E-state index contributed by atoms with van der Waals surface area (Å²) in [4.78, 5) is 22.3. The highest BCUT2D eigenvalue weighted by Gasteiger charge is 2.35. The van der Waals surface area contributed by atoms with Gasteiger partial charge in [0.05, 0.1) is 17.7 Å². The Kier molecular flexibility index (Phi) is 6.41. The van der Waals surface area contributed by atoms with Crippen molar-refractivity contribution in [1.82, 2.24) is 4.31 Å². The number of sulfonamides is 1. The zero-order chi connectivity index (χ0) is 17.9. The Bertz CT molecular complexity index is 732. The van der Waals surface area contributed by atoms with E-state index < -0.39 is 39.4 Å². The number of carboxylic acid groups (broad SMARTS) is 1. The molecule has 0 atom stereocenters. The number of rotatable bonds is 6. The van der Waals surface area contributed by atoms with Crippen molar-refractivity contribution in [2.75, 3.05) is 13.7 Å². The van der Waals surface area contributed by atoms with Gasteiger partial charge in [0.1, 0.15) is 11.4 Å². The Morgan fingerprint density at radius 2 is 1.87 bits per heavy atom. The lowest BCUT2D eigenvalue weighted by molar-refractivity contribution is -0.137. The van der Waals surface area contributed by atoms with Gasteiger partial charge in [-0.25, -0.2) is 13.2 Å². The van der Waals surface area contributed by atoms with Crippen molar-refractivity contribution < 1.29 is 27.9 Å². The maximum atomic E-state index is 12.8. The highest BCUT2D eigenvalue weighted by molar-refractivity contribution is 7.89. The van der Waals surface area contributed by atoms with E-state index in [0.29, 0.717) is 0 Å². The number of hydrogen-bond donors (Lipinski definition) is 1. The second kappa shape index (κ2) is 7.48. The summed E-state index contributed by atoms with van der Waals surface area (Å²) < 4.78 is 30.9. The molecule has 0 saturated heterocycles. The molecule has 0 amide bonds. The van der Waals surface area contributed by atoms with Crippen LogP contribution in [0, 0.1) is 0 Å². The summed E-state index contributed by atoms with van der Waals surface area (Å²) in [5.74, 6) is -2.29. The predicted octanol–water partition coefficient (Wildman–Crippen LogP) is 2.26. The number of ether oxygens (including phenoxy) is 1. The third kappa shape index (κ3) is 4.35. The van der Waals surface area contributed by atoms with Crippen molar-refractivity contribution >= 4 is 45.2 Å². The first-order valence-electron chi connectivity index (χ1n) is 6.33. The largest absolute Gasteiger partial charge is 0.480 e. The van der Waals surface area contributed by atoms with Gasteiger partial charge in [-0.2, -0.15) is 4.31 Å². The van der Waals surface area contributed by atoms with E-state index in [2.05, 4.69) is 4.74 Å². The molecule has 0 aliphatic heterocycles. The lowest BCUT2D eigenvalue weighted by Gasteiger charge is -2.25. The Morgan fingerprint density at radius 3 is 2.30 bits per heavy atom. The topological polar surface area (TPSA) is 101 Å². The number of halogens is 2. The molecular formula is C13H15Cl2NO6S. The molecule has 1 aromatic carbocycles. The highest BCUT2D eigenvalue weighted by Crippen LogP contribution is 2.32. The molecule has 1 aromatic rings. The number of carbonyl (C=O) groups excluding carboxylic acids is 1. The first-order chi connectivity index (χ1) is 10.5. The Labute approximate surface area is 143 Å². The predicted molar refractivity (Wildman–Crippen MR) is 84.5 cm³/mol. The minimum absolute atomic E-state index is 0.0451. The van der Waals surface area contributed by atoms with Crippen LogP contribution >= 0.6 is 23.2 Å². The van der Waals surface area contributed by atoms with Crippen molar-refractivity contribution in [2.24, 2.45) is 0 Å². The quantitative estimate of drug-likeness (QED) is 0.755. The summed E-state index contributed by atoms with van der Waals surface area (Å²) >= 11 is 11.8. The van der Waals surface area contributed by atoms with E-state index in [1.165, 1.54) is 13.8 Å². The van der Waals surface area contributed by atoms with Crippen molar-refractivity contribution in [2.45, 2.75) is 24.8 Å². The molecular weight excluding hydrogens is 369 g/mol. The van der Waals surface area contributed by atoms with Crippen LogP contribution in [0.2, 0.25) is 10.0 Å². The first kappa shape index (κ1) is 19.7. The minimum atomic E-state index is -4.37. The smallest absolute Gasteiger partial charge is 0.339 e. The van der Waals surface area contributed by atoms with Crippen molar-refractivity contribution in [3.8, 4) is 0 Å². The molecule has 0 fully saturated rings. The van der Waals surface area contributed by atoms with Crippen LogP contribution < -0.4 is 0 Å². The number of carbonyl (C=O) groups is 2. The molecule has 0 aliphatic rings. The standard InChI is InChI=1S/C13H15Cl2NO6S/c1-7(2)16(6-11(17)18)23(20,21)12-9(13(19)22-3)4-8(14)5-10(12)15/h4-5,7H,6H2,1-3H3,(H,17,18). The van der Waals surface area contributed by atoms with E-state index >= 15 is 0 Å². The summed E-state index contributed by atoms with van der Waals surface area (Å²) in [6.07, 6.45) is 0. The molecule has 10 heteroatoms. The number of hydrogen-bond acceptors (Lipinski definition) is 5. The molecule has 0 unspecified atom stereocenters. The van der Waals surface area contributed by atoms with E-state index in [1.54, 1.807) is 0 Å². The fraction of sp³-hybridized carbons (Fsp3) is 0.385. The molecule has 0 aromatic heterocycles. The molecule has 1 N–H and O–H groups in total. The van der Waals surface area contributed by atoms with Crippen molar-refractivity contribution in [3.05, 3.63) is 27.7 Å². The molecule has 0 heterocycles. The maximum absolute atomic E-state index is 12.8. The van der Waals surface area contributed by atoms with Crippen molar-refractivity contribution in [1.29, 1.82) is 0 Å². The third-order valence-electron chi connectivity index (χ3n) is 2.85. The van der Waals surface area contributed by atoms with Gasteiger partial charge in [-0.15, -0.1) is 0 Å². The fourth-order valence-corrected chi connectivity index (χ4v) is 4.46. The Morgan fingerprint density at radius 1 is 1.30 bits per heavy atom. The highest BCUT2D eigenvalue weighted by atomic mass is 35.5. The molecule has 0 bridgehead atoms. The van der Waals surface area contributed by atoms with Crippen LogP contribution in [-0.2, 0) is 19.6 Å². The van der Waals surface area contributed by atoms with Gasteiger partial charge in [-0.3, -0.25) is 4.79 Å². The SMILES string of the molecule is COC(=O)c1cc(Cl)cc(Cl)c1S(=O)(=O)N(CC(=O)O)C(C)C. The molecule has 0 radical (unpaired) electrons. The monoisotopic (exact) mass is 383 g/mol. The zero-order valence-corrected chi connectivity index (χ0v) is 14.9. The second-order valence-corrected chi connectivity index (χ2v) is 7.46. The molecule has 23 heavy (non-hydrogen) atoms. The molecule has 7 nitrogen and oxygen atoms in total. The van der Waals surface area contributed by atoms with Gasteiger partial charge >= 0.3 is 11.9 Å². The number of benzene rings is 1. The van der Waals surface area contributed by atoms with Gasteiger partial charge < -0.3 is 9.84 Å². The Balaban J connectivity index is 3.65. The minimum Gasteiger partial charge on any atom is -0.480 e. The van der Waals surface area contributed by atoms with Crippen molar-refractivity contribution in [3.63, 3.8) is 0 Å². The van der Waals surface area contributed by atoms with Gasteiger partial charge in [0.2, 0.25) is 10.0 Å². The fourth-order valence-electron chi connectivity index (χ4n) is 1.88. The summed E-state index contributed by atoms with van der Waals surface area (Å²) in [6, 6.07) is 1.58. The number of aliphatic carboxylic acids is 1. The molecule has 0 aliphatic carbocycles. The second-order valence-electron chi connectivity index (χ2n) is 4.79. The lowest BCUT2D eigenvalue weighted by atomic mass is 10.2. The summed E-state index contributed by atoms with van der Waals surface area (Å²) in [5, 5.41) is 8.68. The molecule has 1 rings (SSSR count).